The fourth-order valence-electron chi connectivity index (χ4n) is 1.17. The summed E-state index contributed by atoms with van der Waals surface area (Å²) in [5.41, 5.74) is 0. The minimum Gasteiger partial charge on any atom is -0.213 e. The molecule has 0 aromatic heterocycles. The molecular weight excluding hydrogens is 200 g/mol. The third-order valence-corrected chi connectivity index (χ3v) is 7.60. The SMILES string of the molecule is O=S1(=O)CCCCCCS1(=O)=O. The molecule has 1 fully saturated rings. The lowest BCUT2D eigenvalue weighted by molar-refractivity contribution is 0.570. The van der Waals surface area contributed by atoms with E-state index in [1.807, 2.05) is 0 Å². The van der Waals surface area contributed by atoms with Crippen molar-refractivity contribution in [3.05, 3.63) is 0 Å². The standard InChI is InChI=1S/C6H12O4S2/c7-11(8)5-3-1-2-4-6-12(11,9)10/h1-6H2. The Labute approximate surface area is 72.2 Å². The maximum absolute atomic E-state index is 11.1. The van der Waals surface area contributed by atoms with E-state index in [0.717, 1.165) is 12.8 Å². The molecule has 1 rings (SSSR count). The Morgan fingerprint density at radius 3 is 1.25 bits per heavy atom. The summed E-state index contributed by atoms with van der Waals surface area (Å²) in [4.78, 5) is 0. The molecule has 1 saturated heterocycles. The van der Waals surface area contributed by atoms with Crippen molar-refractivity contribution in [2.24, 2.45) is 0 Å². The molecule has 1 heterocycles. The molecule has 0 bridgehead atoms. The predicted octanol–water partition coefficient (Wildman–Crippen LogP) is 0.305. The Hall–Kier alpha value is -0.100. The fourth-order valence-corrected chi connectivity index (χ4v) is 5.02. The molecule has 0 radical (unpaired) electrons. The van der Waals surface area contributed by atoms with Crippen LogP contribution in [0.15, 0.2) is 0 Å². The van der Waals surface area contributed by atoms with Gasteiger partial charge < -0.3 is 0 Å². The van der Waals surface area contributed by atoms with Crippen molar-refractivity contribution in [1.29, 1.82) is 0 Å². The van der Waals surface area contributed by atoms with Crippen LogP contribution in [0.1, 0.15) is 25.7 Å². The average molecular weight is 212 g/mol. The summed E-state index contributed by atoms with van der Waals surface area (Å²) in [5, 5.41) is 0. The van der Waals surface area contributed by atoms with Gasteiger partial charge in [0, 0.05) is 0 Å². The van der Waals surface area contributed by atoms with Crippen LogP contribution in [0, 0.1) is 0 Å². The van der Waals surface area contributed by atoms with Gasteiger partial charge in [0.15, 0.2) is 0 Å². The molecule has 0 atom stereocenters. The van der Waals surface area contributed by atoms with E-state index in [9.17, 15) is 16.8 Å². The van der Waals surface area contributed by atoms with E-state index < -0.39 is 17.7 Å². The highest BCUT2D eigenvalue weighted by atomic mass is 33.2. The molecule has 12 heavy (non-hydrogen) atoms. The van der Waals surface area contributed by atoms with E-state index in [0.29, 0.717) is 12.8 Å². The lowest BCUT2D eigenvalue weighted by Gasteiger charge is -2.09. The molecule has 1 aliphatic heterocycles. The number of hydrogen-bond donors (Lipinski definition) is 0. The van der Waals surface area contributed by atoms with Gasteiger partial charge in [-0.05, 0) is 12.8 Å². The van der Waals surface area contributed by atoms with E-state index in [1.54, 1.807) is 0 Å². The number of rotatable bonds is 0. The maximum atomic E-state index is 11.1. The molecule has 72 valence electrons. The topological polar surface area (TPSA) is 68.3 Å². The van der Waals surface area contributed by atoms with Crippen LogP contribution in [0.5, 0.6) is 0 Å². The lowest BCUT2D eigenvalue weighted by Crippen LogP contribution is -2.23. The van der Waals surface area contributed by atoms with Gasteiger partial charge in [0.25, 0.3) is 17.7 Å². The van der Waals surface area contributed by atoms with Crippen molar-refractivity contribution in [1.82, 2.24) is 0 Å². The largest absolute Gasteiger partial charge is 0.253 e. The molecule has 0 saturated carbocycles. The highest BCUT2D eigenvalue weighted by Gasteiger charge is 2.29. The van der Waals surface area contributed by atoms with Crippen LogP contribution in [0.25, 0.3) is 0 Å². The summed E-state index contributed by atoms with van der Waals surface area (Å²) < 4.78 is 44.4. The highest BCUT2D eigenvalue weighted by molar-refractivity contribution is 8.67. The number of hydrogen-bond acceptors (Lipinski definition) is 4. The molecule has 1 aliphatic rings. The van der Waals surface area contributed by atoms with Crippen LogP contribution in [-0.4, -0.2) is 28.3 Å². The molecule has 0 N–H and O–H groups in total. The van der Waals surface area contributed by atoms with Crippen molar-refractivity contribution in [3.8, 4) is 0 Å². The van der Waals surface area contributed by atoms with Crippen molar-refractivity contribution >= 4 is 17.7 Å². The van der Waals surface area contributed by atoms with Gasteiger partial charge >= 0.3 is 0 Å². The molecule has 0 amide bonds. The zero-order valence-corrected chi connectivity index (χ0v) is 8.33. The third-order valence-electron chi connectivity index (χ3n) is 1.93. The minimum absolute atomic E-state index is 0.199. The van der Waals surface area contributed by atoms with Crippen molar-refractivity contribution in [2.45, 2.75) is 25.7 Å². The first-order valence-corrected chi connectivity index (χ1v) is 7.73. The summed E-state index contributed by atoms with van der Waals surface area (Å²) in [7, 11) is -7.70. The Morgan fingerprint density at radius 1 is 0.583 bits per heavy atom. The first-order valence-electron chi connectivity index (χ1n) is 3.91. The molecule has 0 aromatic carbocycles. The molecule has 0 aromatic rings. The van der Waals surface area contributed by atoms with Crippen molar-refractivity contribution in [2.75, 3.05) is 11.5 Å². The quantitative estimate of drug-likeness (QED) is 0.542. The second-order valence-electron chi connectivity index (χ2n) is 2.94. The van der Waals surface area contributed by atoms with Crippen LogP contribution in [0.4, 0.5) is 0 Å². The fraction of sp³-hybridized carbons (Fsp3) is 1.00. The smallest absolute Gasteiger partial charge is 0.213 e. The normalized spacial score (nSPS) is 28.7. The molecule has 0 unspecified atom stereocenters. The van der Waals surface area contributed by atoms with Crippen LogP contribution < -0.4 is 0 Å². The van der Waals surface area contributed by atoms with Gasteiger partial charge in [-0.15, -0.1) is 0 Å². The van der Waals surface area contributed by atoms with Gasteiger partial charge in [-0.1, -0.05) is 12.8 Å². The molecule has 0 spiro atoms. The van der Waals surface area contributed by atoms with Crippen LogP contribution >= 0.6 is 0 Å². The molecule has 6 heteroatoms. The van der Waals surface area contributed by atoms with E-state index in [1.165, 1.54) is 0 Å². The summed E-state index contributed by atoms with van der Waals surface area (Å²) in [6.45, 7) is 0. The monoisotopic (exact) mass is 212 g/mol. The molecule has 0 aliphatic carbocycles. The van der Waals surface area contributed by atoms with E-state index >= 15 is 0 Å². The molecular formula is C6H12O4S2. The van der Waals surface area contributed by atoms with E-state index in [-0.39, 0.29) is 11.5 Å². The van der Waals surface area contributed by atoms with Crippen LogP contribution in [0.2, 0.25) is 0 Å². The average Bonchev–Trinajstić information content (AvgIpc) is 1.94. The summed E-state index contributed by atoms with van der Waals surface area (Å²) >= 11 is 0. The minimum atomic E-state index is -3.85. The van der Waals surface area contributed by atoms with Gasteiger partial charge in [0.2, 0.25) is 0 Å². The maximum Gasteiger partial charge on any atom is 0.253 e. The lowest BCUT2D eigenvalue weighted by atomic mass is 10.2. The zero-order chi connectivity index (χ0) is 9.24. The van der Waals surface area contributed by atoms with Crippen molar-refractivity contribution < 1.29 is 16.8 Å². The Balaban J connectivity index is 2.97. The van der Waals surface area contributed by atoms with Crippen LogP contribution in [0.3, 0.4) is 0 Å². The Morgan fingerprint density at radius 2 is 0.917 bits per heavy atom. The molecule has 4 nitrogen and oxygen atoms in total. The second kappa shape index (κ2) is 3.33. The van der Waals surface area contributed by atoms with E-state index in [2.05, 4.69) is 0 Å². The Bertz CT molecular complexity index is 302. The van der Waals surface area contributed by atoms with Gasteiger partial charge in [-0.3, -0.25) is 0 Å². The van der Waals surface area contributed by atoms with Gasteiger partial charge in [0.1, 0.15) is 0 Å². The Kier molecular flexibility index (Phi) is 2.77. The first kappa shape index (κ1) is 9.98. The summed E-state index contributed by atoms with van der Waals surface area (Å²) in [6, 6.07) is 0. The van der Waals surface area contributed by atoms with E-state index in [4.69, 9.17) is 0 Å². The van der Waals surface area contributed by atoms with Crippen molar-refractivity contribution in [3.63, 3.8) is 0 Å². The summed E-state index contributed by atoms with van der Waals surface area (Å²) in [6.07, 6.45) is 2.58. The summed E-state index contributed by atoms with van der Waals surface area (Å²) in [5.74, 6) is -0.398. The third kappa shape index (κ3) is 1.98. The van der Waals surface area contributed by atoms with Gasteiger partial charge in [-0.25, -0.2) is 16.8 Å². The van der Waals surface area contributed by atoms with Gasteiger partial charge in [-0.2, -0.15) is 0 Å². The van der Waals surface area contributed by atoms with Crippen LogP contribution in [-0.2, 0) is 17.7 Å². The zero-order valence-electron chi connectivity index (χ0n) is 6.69. The second-order valence-corrected chi connectivity index (χ2v) is 9.03. The predicted molar refractivity (Wildman–Crippen MR) is 46.0 cm³/mol. The van der Waals surface area contributed by atoms with Gasteiger partial charge in [0.05, 0.1) is 11.5 Å². The first-order chi connectivity index (χ1) is 5.46. The highest BCUT2D eigenvalue weighted by Crippen LogP contribution is 2.15.